The Morgan fingerprint density at radius 2 is 1.81 bits per heavy atom. The molecule has 0 saturated carbocycles. The zero-order valence-electron chi connectivity index (χ0n) is 15.2. The van der Waals surface area contributed by atoms with Gasteiger partial charge in [0.2, 0.25) is 0 Å². The third-order valence-electron chi connectivity index (χ3n) is 5.39. The molecule has 8 heteroatoms. The normalized spacial score (nSPS) is 18.2. The predicted octanol–water partition coefficient (Wildman–Crippen LogP) is 3.27. The second-order valence-corrected chi connectivity index (χ2v) is 7.95. The van der Waals surface area contributed by atoms with E-state index in [1.54, 1.807) is 18.2 Å². The predicted molar refractivity (Wildman–Crippen MR) is 105 cm³/mol. The van der Waals surface area contributed by atoms with E-state index in [2.05, 4.69) is 19.7 Å². The molecule has 2 aromatic rings. The number of carbonyl (C=O) groups is 1. The summed E-state index contributed by atoms with van der Waals surface area (Å²) in [5.74, 6) is 2.11. The zero-order chi connectivity index (χ0) is 18.8. The van der Waals surface area contributed by atoms with Gasteiger partial charge in [0.25, 0.3) is 5.91 Å². The summed E-state index contributed by atoms with van der Waals surface area (Å²) in [6.45, 7) is 4.76. The van der Waals surface area contributed by atoms with Crippen molar-refractivity contribution in [3.63, 3.8) is 0 Å². The fourth-order valence-electron chi connectivity index (χ4n) is 3.81. The van der Waals surface area contributed by atoms with Gasteiger partial charge in [-0.2, -0.15) is 0 Å². The lowest BCUT2D eigenvalue weighted by Gasteiger charge is -2.34. The van der Waals surface area contributed by atoms with Gasteiger partial charge < -0.3 is 9.47 Å². The first-order valence-corrected chi connectivity index (χ1v) is 10.3. The number of carbonyl (C=O) groups excluding carboxylic acids is 1. The molecule has 27 heavy (non-hydrogen) atoms. The third kappa shape index (κ3) is 3.98. The molecular formula is C19H23Cl2N5O. The molecule has 0 unspecified atom stereocenters. The Balaban J connectivity index is 1.37. The number of nitrogens with zero attached hydrogens (tertiary/aromatic N) is 5. The molecule has 1 saturated heterocycles. The van der Waals surface area contributed by atoms with Crippen molar-refractivity contribution >= 4 is 29.1 Å². The lowest BCUT2D eigenvalue weighted by molar-refractivity contribution is 0.0624. The van der Waals surface area contributed by atoms with Gasteiger partial charge in [-0.15, -0.1) is 10.2 Å². The minimum absolute atomic E-state index is 0.0569. The summed E-state index contributed by atoms with van der Waals surface area (Å²) in [6, 6.07) is 5.18. The van der Waals surface area contributed by atoms with Crippen LogP contribution in [-0.2, 0) is 19.5 Å². The fraction of sp³-hybridized carbons (Fsp3) is 0.526. The molecule has 6 nitrogen and oxygen atoms in total. The van der Waals surface area contributed by atoms with E-state index >= 15 is 0 Å². The highest BCUT2D eigenvalue weighted by Crippen LogP contribution is 2.27. The number of halogens is 2. The molecule has 0 radical (unpaired) electrons. The largest absolute Gasteiger partial charge is 0.336 e. The van der Waals surface area contributed by atoms with Gasteiger partial charge in [0.05, 0.1) is 22.2 Å². The van der Waals surface area contributed by atoms with Crippen LogP contribution in [0.25, 0.3) is 0 Å². The van der Waals surface area contributed by atoms with E-state index in [0.717, 1.165) is 44.2 Å². The molecule has 4 rings (SSSR count). The average molecular weight is 408 g/mol. The number of aromatic nitrogens is 3. The molecule has 2 aliphatic heterocycles. The standard InChI is InChI=1S/C19H23Cl2N5O/c20-15-6-4-5-14(18(15)21)19(27)25-11-9-24(10-12-25)13-17-23-22-16-7-2-1-3-8-26(16)17/h4-6H,1-3,7-13H2. The first-order chi connectivity index (χ1) is 13.1. The summed E-state index contributed by atoms with van der Waals surface area (Å²) in [6.07, 6.45) is 4.68. The van der Waals surface area contributed by atoms with Crippen molar-refractivity contribution in [2.75, 3.05) is 26.2 Å². The van der Waals surface area contributed by atoms with Crippen molar-refractivity contribution in [3.8, 4) is 0 Å². The second-order valence-electron chi connectivity index (χ2n) is 7.16. The average Bonchev–Trinajstić information content (AvgIpc) is 2.90. The topological polar surface area (TPSA) is 54.3 Å². The van der Waals surface area contributed by atoms with Gasteiger partial charge in [-0.1, -0.05) is 35.7 Å². The van der Waals surface area contributed by atoms with Crippen molar-refractivity contribution in [1.29, 1.82) is 0 Å². The summed E-state index contributed by atoms with van der Waals surface area (Å²) >= 11 is 12.2. The molecule has 3 heterocycles. The fourth-order valence-corrected chi connectivity index (χ4v) is 4.19. The summed E-state index contributed by atoms with van der Waals surface area (Å²) < 4.78 is 2.29. The summed E-state index contributed by atoms with van der Waals surface area (Å²) in [4.78, 5) is 16.9. The van der Waals surface area contributed by atoms with Crippen LogP contribution in [0.4, 0.5) is 0 Å². The monoisotopic (exact) mass is 407 g/mol. The summed E-state index contributed by atoms with van der Waals surface area (Å²) in [5, 5.41) is 9.53. The van der Waals surface area contributed by atoms with Gasteiger partial charge in [0, 0.05) is 39.1 Å². The van der Waals surface area contributed by atoms with Crippen LogP contribution in [0.1, 0.15) is 41.3 Å². The Bertz CT molecular complexity index is 830. The number of amides is 1. The van der Waals surface area contributed by atoms with Crippen molar-refractivity contribution in [1.82, 2.24) is 24.6 Å². The molecule has 0 bridgehead atoms. The first-order valence-electron chi connectivity index (χ1n) is 9.50. The number of fused-ring (bicyclic) bond motifs is 1. The van der Waals surface area contributed by atoms with Crippen molar-refractivity contribution in [3.05, 3.63) is 45.5 Å². The quantitative estimate of drug-likeness (QED) is 0.783. The number of hydrogen-bond donors (Lipinski definition) is 0. The highest BCUT2D eigenvalue weighted by atomic mass is 35.5. The number of piperazine rings is 1. The van der Waals surface area contributed by atoms with Crippen molar-refractivity contribution in [2.24, 2.45) is 0 Å². The van der Waals surface area contributed by atoms with Gasteiger partial charge >= 0.3 is 0 Å². The van der Waals surface area contributed by atoms with Crippen molar-refractivity contribution < 1.29 is 4.79 Å². The number of hydrogen-bond acceptors (Lipinski definition) is 4. The molecule has 2 aliphatic rings. The molecule has 0 atom stereocenters. The van der Waals surface area contributed by atoms with Crippen LogP contribution in [0, 0.1) is 0 Å². The number of aryl methyl sites for hydroxylation is 1. The van der Waals surface area contributed by atoms with Gasteiger partial charge in [0.1, 0.15) is 11.6 Å². The van der Waals surface area contributed by atoms with Crippen molar-refractivity contribution in [2.45, 2.75) is 38.8 Å². The lowest BCUT2D eigenvalue weighted by Crippen LogP contribution is -2.48. The van der Waals surface area contributed by atoms with Crippen LogP contribution in [-0.4, -0.2) is 56.7 Å². The molecule has 0 N–H and O–H groups in total. The molecule has 144 valence electrons. The van der Waals surface area contributed by atoms with E-state index in [9.17, 15) is 4.79 Å². The van der Waals surface area contributed by atoms with Gasteiger partial charge in [-0.3, -0.25) is 9.69 Å². The zero-order valence-corrected chi connectivity index (χ0v) is 16.7. The number of benzene rings is 1. The maximum atomic E-state index is 12.8. The molecule has 1 aromatic carbocycles. The molecule has 0 aliphatic carbocycles. The second kappa shape index (κ2) is 8.17. The first kappa shape index (κ1) is 18.7. The van der Waals surface area contributed by atoms with Crippen LogP contribution in [0.2, 0.25) is 10.0 Å². The Hall–Kier alpha value is -1.63. The molecular weight excluding hydrogens is 385 g/mol. The van der Waals surface area contributed by atoms with Gasteiger partial charge in [0.15, 0.2) is 0 Å². The van der Waals surface area contributed by atoms with E-state index in [1.165, 1.54) is 19.3 Å². The third-order valence-corrected chi connectivity index (χ3v) is 6.21. The van der Waals surface area contributed by atoms with Crippen LogP contribution in [0.3, 0.4) is 0 Å². The van der Waals surface area contributed by atoms with E-state index in [-0.39, 0.29) is 5.91 Å². The van der Waals surface area contributed by atoms with E-state index in [1.807, 2.05) is 4.90 Å². The summed E-state index contributed by atoms with van der Waals surface area (Å²) in [5.41, 5.74) is 0.473. The molecule has 1 fully saturated rings. The van der Waals surface area contributed by atoms with Crippen LogP contribution >= 0.6 is 23.2 Å². The molecule has 1 amide bonds. The Kier molecular flexibility index (Phi) is 5.66. The van der Waals surface area contributed by atoms with Crippen LogP contribution in [0.15, 0.2) is 18.2 Å². The highest BCUT2D eigenvalue weighted by Gasteiger charge is 2.25. The maximum Gasteiger partial charge on any atom is 0.255 e. The SMILES string of the molecule is O=C(c1cccc(Cl)c1Cl)N1CCN(Cc2nnc3n2CCCCC3)CC1. The molecule has 1 aromatic heterocycles. The van der Waals surface area contributed by atoms with E-state index in [0.29, 0.717) is 28.7 Å². The van der Waals surface area contributed by atoms with Gasteiger partial charge in [-0.25, -0.2) is 0 Å². The van der Waals surface area contributed by atoms with E-state index < -0.39 is 0 Å². The van der Waals surface area contributed by atoms with Crippen LogP contribution < -0.4 is 0 Å². The number of rotatable bonds is 3. The van der Waals surface area contributed by atoms with E-state index in [4.69, 9.17) is 23.2 Å². The van der Waals surface area contributed by atoms with Crippen LogP contribution in [0.5, 0.6) is 0 Å². The maximum absolute atomic E-state index is 12.8. The smallest absolute Gasteiger partial charge is 0.255 e. The summed E-state index contributed by atoms with van der Waals surface area (Å²) in [7, 11) is 0. The lowest BCUT2D eigenvalue weighted by atomic mass is 10.1. The minimum atomic E-state index is -0.0569. The Morgan fingerprint density at radius 1 is 1.00 bits per heavy atom. The highest BCUT2D eigenvalue weighted by molar-refractivity contribution is 6.43. The Morgan fingerprint density at radius 3 is 2.63 bits per heavy atom. The minimum Gasteiger partial charge on any atom is -0.336 e. The van der Waals surface area contributed by atoms with Gasteiger partial charge in [-0.05, 0) is 25.0 Å². The molecule has 0 spiro atoms. The Labute approximate surface area is 169 Å².